The second kappa shape index (κ2) is 6.74. The molecule has 2 amide bonds. The van der Waals surface area contributed by atoms with Crippen molar-refractivity contribution in [3.63, 3.8) is 0 Å². The highest BCUT2D eigenvalue weighted by molar-refractivity contribution is 6.43. The Hall–Kier alpha value is -2.83. The van der Waals surface area contributed by atoms with Crippen LogP contribution in [0.1, 0.15) is 16.7 Å². The third-order valence-corrected chi connectivity index (χ3v) is 3.45. The number of nitrogens with one attached hydrogen (secondary N) is 2. The lowest BCUT2D eigenvalue weighted by atomic mass is 10.1. The summed E-state index contributed by atoms with van der Waals surface area (Å²) in [6.07, 6.45) is -4.63. The quantitative estimate of drug-likeness (QED) is 0.817. The number of alkyl halides is 3. The van der Waals surface area contributed by atoms with Gasteiger partial charge in [-0.3, -0.25) is 9.59 Å². The average Bonchev–Trinajstić information content (AvgIpc) is 2.50. The number of para-hydroxylation sites is 1. The first-order chi connectivity index (χ1) is 11.2. The normalized spacial score (nSPS) is 11.0. The van der Waals surface area contributed by atoms with Gasteiger partial charge in [-0.25, -0.2) is 0 Å². The Bertz CT molecular complexity index is 786. The number of aryl methyl sites for hydroxylation is 2. The summed E-state index contributed by atoms with van der Waals surface area (Å²) < 4.78 is 38.6. The lowest BCUT2D eigenvalue weighted by Crippen LogP contribution is -2.30. The first kappa shape index (κ1) is 17.5. The van der Waals surface area contributed by atoms with E-state index in [1.807, 2.05) is 19.2 Å². The maximum Gasteiger partial charge on any atom is 0.418 e. The van der Waals surface area contributed by atoms with Gasteiger partial charge < -0.3 is 10.6 Å². The van der Waals surface area contributed by atoms with Crippen molar-refractivity contribution < 1.29 is 22.8 Å². The fourth-order valence-electron chi connectivity index (χ4n) is 2.03. The Morgan fingerprint density at radius 1 is 0.875 bits per heavy atom. The number of benzene rings is 2. The van der Waals surface area contributed by atoms with Gasteiger partial charge in [0.05, 0.1) is 11.3 Å². The zero-order chi connectivity index (χ0) is 17.9. The number of hydrogen-bond acceptors (Lipinski definition) is 2. The maximum atomic E-state index is 12.9. The van der Waals surface area contributed by atoms with E-state index < -0.39 is 29.2 Å². The minimum atomic E-state index is -4.63. The molecule has 0 saturated heterocycles. The van der Waals surface area contributed by atoms with Gasteiger partial charge in [-0.2, -0.15) is 13.2 Å². The Labute approximate surface area is 136 Å². The van der Waals surface area contributed by atoms with Crippen LogP contribution in [0, 0.1) is 13.8 Å². The Morgan fingerprint density at radius 2 is 1.50 bits per heavy atom. The van der Waals surface area contributed by atoms with E-state index in [9.17, 15) is 22.8 Å². The third kappa shape index (κ3) is 4.13. The predicted octanol–water partition coefficient (Wildman–Crippen LogP) is 3.90. The minimum Gasteiger partial charge on any atom is -0.318 e. The highest BCUT2D eigenvalue weighted by Crippen LogP contribution is 2.34. The number of hydrogen-bond donors (Lipinski definition) is 2. The van der Waals surface area contributed by atoms with Crippen LogP contribution >= 0.6 is 0 Å². The van der Waals surface area contributed by atoms with Gasteiger partial charge in [-0.1, -0.05) is 18.2 Å². The summed E-state index contributed by atoms with van der Waals surface area (Å²) in [5.41, 5.74) is 0.831. The SMILES string of the molecule is Cc1ccc(NC(=O)C(=O)Nc2ccccc2C(F)(F)F)cc1C. The standard InChI is InChI=1S/C17H15F3N2O2/c1-10-7-8-12(9-11(10)2)21-15(23)16(24)22-14-6-4-3-5-13(14)17(18,19)20/h3-9H,1-2H3,(H,21,23)(H,22,24). The maximum absolute atomic E-state index is 12.9. The van der Waals surface area contributed by atoms with Gasteiger partial charge in [0.15, 0.2) is 0 Å². The van der Waals surface area contributed by atoms with E-state index in [0.717, 1.165) is 23.3 Å². The lowest BCUT2D eigenvalue weighted by molar-refractivity contribution is -0.137. The molecule has 2 aromatic rings. The van der Waals surface area contributed by atoms with E-state index in [-0.39, 0.29) is 0 Å². The zero-order valence-corrected chi connectivity index (χ0v) is 13.0. The highest BCUT2D eigenvalue weighted by atomic mass is 19.4. The molecule has 0 unspecified atom stereocenters. The number of anilines is 2. The van der Waals surface area contributed by atoms with E-state index in [1.165, 1.54) is 12.1 Å². The van der Waals surface area contributed by atoms with Gasteiger partial charge in [-0.15, -0.1) is 0 Å². The fraction of sp³-hybridized carbons (Fsp3) is 0.176. The number of halogens is 3. The summed E-state index contributed by atoms with van der Waals surface area (Å²) in [6, 6.07) is 9.50. The van der Waals surface area contributed by atoms with E-state index in [0.29, 0.717) is 5.69 Å². The highest BCUT2D eigenvalue weighted by Gasteiger charge is 2.34. The number of amides is 2. The van der Waals surface area contributed by atoms with Crippen LogP contribution in [-0.4, -0.2) is 11.8 Å². The van der Waals surface area contributed by atoms with E-state index in [4.69, 9.17) is 0 Å². The monoisotopic (exact) mass is 336 g/mol. The first-order valence-electron chi connectivity index (χ1n) is 7.04. The van der Waals surface area contributed by atoms with Crippen molar-refractivity contribution in [2.24, 2.45) is 0 Å². The molecule has 0 atom stereocenters. The second-order valence-corrected chi connectivity index (χ2v) is 5.25. The summed E-state index contributed by atoms with van der Waals surface area (Å²) >= 11 is 0. The van der Waals surface area contributed by atoms with Gasteiger partial charge in [0.2, 0.25) is 0 Å². The van der Waals surface area contributed by atoms with Crippen molar-refractivity contribution >= 4 is 23.2 Å². The van der Waals surface area contributed by atoms with Crippen molar-refractivity contribution in [1.82, 2.24) is 0 Å². The lowest BCUT2D eigenvalue weighted by Gasteiger charge is -2.13. The topological polar surface area (TPSA) is 58.2 Å². The molecule has 126 valence electrons. The molecule has 4 nitrogen and oxygen atoms in total. The Kier molecular flexibility index (Phi) is 4.92. The predicted molar refractivity (Wildman–Crippen MR) is 84.6 cm³/mol. The van der Waals surface area contributed by atoms with Crippen LogP contribution in [0.4, 0.5) is 24.5 Å². The molecule has 0 heterocycles. The van der Waals surface area contributed by atoms with Crippen molar-refractivity contribution in [3.05, 3.63) is 59.2 Å². The molecule has 0 fully saturated rings. The molecule has 0 aliphatic heterocycles. The first-order valence-corrected chi connectivity index (χ1v) is 7.04. The van der Waals surface area contributed by atoms with E-state index in [2.05, 4.69) is 5.32 Å². The molecule has 2 aromatic carbocycles. The van der Waals surface area contributed by atoms with Crippen LogP contribution < -0.4 is 10.6 Å². The minimum absolute atomic E-state index is 0.391. The third-order valence-electron chi connectivity index (χ3n) is 3.45. The number of carbonyl (C=O) groups is 2. The van der Waals surface area contributed by atoms with Crippen molar-refractivity contribution in [2.45, 2.75) is 20.0 Å². The Morgan fingerprint density at radius 3 is 2.12 bits per heavy atom. The summed E-state index contributed by atoms with van der Waals surface area (Å²) in [7, 11) is 0. The van der Waals surface area contributed by atoms with Crippen molar-refractivity contribution in [2.75, 3.05) is 10.6 Å². The van der Waals surface area contributed by atoms with Crippen LogP contribution in [0.15, 0.2) is 42.5 Å². The molecule has 0 saturated carbocycles. The molecular formula is C17H15F3N2O2. The van der Waals surface area contributed by atoms with E-state index in [1.54, 1.807) is 18.2 Å². The molecule has 0 aliphatic carbocycles. The largest absolute Gasteiger partial charge is 0.418 e. The van der Waals surface area contributed by atoms with Crippen LogP contribution in [0.2, 0.25) is 0 Å². The van der Waals surface area contributed by atoms with E-state index >= 15 is 0 Å². The molecule has 24 heavy (non-hydrogen) atoms. The molecule has 2 rings (SSSR count). The average molecular weight is 336 g/mol. The van der Waals surface area contributed by atoms with Crippen LogP contribution in [0.5, 0.6) is 0 Å². The molecule has 7 heteroatoms. The van der Waals surface area contributed by atoms with Gasteiger partial charge in [0.25, 0.3) is 0 Å². The molecule has 0 spiro atoms. The smallest absolute Gasteiger partial charge is 0.318 e. The van der Waals surface area contributed by atoms with Crippen LogP contribution in [0.3, 0.4) is 0 Å². The van der Waals surface area contributed by atoms with Gasteiger partial charge >= 0.3 is 18.0 Å². The zero-order valence-electron chi connectivity index (χ0n) is 13.0. The van der Waals surface area contributed by atoms with Crippen LogP contribution in [-0.2, 0) is 15.8 Å². The molecule has 0 bridgehead atoms. The summed E-state index contributed by atoms with van der Waals surface area (Å²) in [4.78, 5) is 23.7. The number of carbonyl (C=O) groups excluding carboxylic acids is 2. The van der Waals surface area contributed by atoms with Gasteiger partial charge in [0.1, 0.15) is 0 Å². The molecule has 0 aliphatic rings. The van der Waals surface area contributed by atoms with Crippen molar-refractivity contribution in [1.29, 1.82) is 0 Å². The second-order valence-electron chi connectivity index (χ2n) is 5.25. The fourth-order valence-corrected chi connectivity index (χ4v) is 2.03. The van der Waals surface area contributed by atoms with Gasteiger partial charge in [0, 0.05) is 5.69 Å². The van der Waals surface area contributed by atoms with Crippen molar-refractivity contribution in [3.8, 4) is 0 Å². The molecule has 0 radical (unpaired) electrons. The molecule has 2 N–H and O–H groups in total. The number of rotatable bonds is 2. The van der Waals surface area contributed by atoms with Gasteiger partial charge in [-0.05, 0) is 49.2 Å². The van der Waals surface area contributed by atoms with Crippen LogP contribution in [0.25, 0.3) is 0 Å². The summed E-state index contributed by atoms with van der Waals surface area (Å²) in [5, 5.41) is 4.35. The summed E-state index contributed by atoms with van der Waals surface area (Å²) in [5.74, 6) is -2.22. The summed E-state index contributed by atoms with van der Waals surface area (Å²) in [6.45, 7) is 3.73. The molecule has 0 aromatic heterocycles. The Balaban J connectivity index is 2.12. The molecular weight excluding hydrogens is 321 g/mol.